The van der Waals surface area contributed by atoms with Gasteiger partial charge in [-0.3, -0.25) is 0 Å². The number of likely N-dealkylation sites (N-methyl/N-ethyl adjacent to an activating group) is 1. The molecule has 0 fully saturated rings. The number of rotatable bonds is 4. The van der Waals surface area contributed by atoms with E-state index in [2.05, 4.69) is 57.6 Å². The van der Waals surface area contributed by atoms with Gasteiger partial charge in [-0.05, 0) is 52.7 Å². The van der Waals surface area contributed by atoms with Crippen molar-refractivity contribution in [2.24, 2.45) is 0 Å². The lowest BCUT2D eigenvalue weighted by atomic mass is 9.99. The van der Waals surface area contributed by atoms with E-state index in [1.807, 2.05) is 19.2 Å². The molecule has 0 spiro atoms. The molecule has 0 saturated carbocycles. The molecule has 18 heavy (non-hydrogen) atoms. The summed E-state index contributed by atoms with van der Waals surface area (Å²) in [7, 11) is 1.98. The van der Waals surface area contributed by atoms with Crippen LogP contribution in [0.15, 0.2) is 53.0 Å². The fourth-order valence-electron chi connectivity index (χ4n) is 1.97. The third-order valence-electron chi connectivity index (χ3n) is 2.98. The summed E-state index contributed by atoms with van der Waals surface area (Å²) >= 11 is 9.49. The van der Waals surface area contributed by atoms with Crippen LogP contribution in [0.25, 0.3) is 0 Å². The van der Waals surface area contributed by atoms with Gasteiger partial charge >= 0.3 is 0 Å². The van der Waals surface area contributed by atoms with E-state index in [1.54, 1.807) is 0 Å². The zero-order chi connectivity index (χ0) is 13.0. The maximum absolute atomic E-state index is 6.02. The lowest BCUT2D eigenvalue weighted by Gasteiger charge is -2.17. The Morgan fingerprint density at radius 3 is 2.50 bits per heavy atom. The van der Waals surface area contributed by atoms with Gasteiger partial charge in [-0.25, -0.2) is 0 Å². The predicted molar refractivity (Wildman–Crippen MR) is 81.1 cm³/mol. The van der Waals surface area contributed by atoms with Crippen molar-refractivity contribution in [3.8, 4) is 0 Å². The van der Waals surface area contributed by atoms with Crippen molar-refractivity contribution in [2.75, 3.05) is 7.05 Å². The van der Waals surface area contributed by atoms with E-state index in [0.717, 1.165) is 15.9 Å². The first-order valence-corrected chi connectivity index (χ1v) is 7.04. The van der Waals surface area contributed by atoms with Gasteiger partial charge in [0.25, 0.3) is 0 Å². The smallest absolute Gasteiger partial charge is 0.0548 e. The first-order chi connectivity index (χ1) is 8.70. The fourth-order valence-corrected chi connectivity index (χ4v) is 2.48. The number of hydrogen-bond donors (Lipinski definition) is 1. The monoisotopic (exact) mass is 323 g/mol. The van der Waals surface area contributed by atoms with Crippen LogP contribution >= 0.6 is 27.5 Å². The molecule has 0 saturated heterocycles. The highest BCUT2D eigenvalue weighted by atomic mass is 79.9. The molecule has 0 amide bonds. The van der Waals surface area contributed by atoms with Gasteiger partial charge in [0.15, 0.2) is 0 Å². The third-order valence-corrected chi connectivity index (χ3v) is 4.19. The second kappa shape index (κ2) is 6.37. The molecule has 0 bridgehead atoms. The molecule has 1 N–H and O–H groups in total. The number of benzene rings is 2. The Morgan fingerprint density at radius 1 is 1.17 bits per heavy atom. The molecule has 2 rings (SSSR count). The second-order valence-electron chi connectivity index (χ2n) is 4.20. The van der Waals surface area contributed by atoms with Gasteiger partial charge in [0.2, 0.25) is 0 Å². The third kappa shape index (κ3) is 3.35. The molecule has 2 aromatic rings. The van der Waals surface area contributed by atoms with E-state index >= 15 is 0 Å². The van der Waals surface area contributed by atoms with Crippen molar-refractivity contribution in [3.05, 3.63) is 69.2 Å². The largest absolute Gasteiger partial charge is 0.313 e. The van der Waals surface area contributed by atoms with Gasteiger partial charge in [0.05, 0.1) is 5.02 Å². The Bertz CT molecular complexity index is 513. The van der Waals surface area contributed by atoms with Crippen molar-refractivity contribution in [1.29, 1.82) is 0 Å². The van der Waals surface area contributed by atoms with Gasteiger partial charge in [-0.15, -0.1) is 0 Å². The normalized spacial score (nSPS) is 12.4. The molecular weight excluding hydrogens is 310 g/mol. The van der Waals surface area contributed by atoms with E-state index in [1.165, 1.54) is 11.1 Å². The first kappa shape index (κ1) is 13.6. The Balaban J connectivity index is 2.20. The molecule has 94 valence electrons. The maximum atomic E-state index is 6.02. The van der Waals surface area contributed by atoms with Gasteiger partial charge in [-0.2, -0.15) is 0 Å². The number of hydrogen-bond acceptors (Lipinski definition) is 1. The van der Waals surface area contributed by atoms with Crippen LogP contribution in [0.3, 0.4) is 0 Å². The van der Waals surface area contributed by atoms with Gasteiger partial charge in [0.1, 0.15) is 0 Å². The standard InChI is InChI=1S/C15H15BrClN/c1-18-15(9-11-5-3-2-4-6-11)12-7-8-14(17)13(16)10-12/h2-8,10,15,18H,9H2,1H3. The quantitative estimate of drug-likeness (QED) is 0.866. The molecule has 0 aliphatic rings. The first-order valence-electron chi connectivity index (χ1n) is 5.87. The summed E-state index contributed by atoms with van der Waals surface area (Å²) in [6, 6.07) is 16.8. The van der Waals surface area contributed by atoms with Crippen LogP contribution in [0.5, 0.6) is 0 Å². The van der Waals surface area contributed by atoms with Crippen molar-refractivity contribution in [2.45, 2.75) is 12.5 Å². The summed E-state index contributed by atoms with van der Waals surface area (Å²) in [6.45, 7) is 0. The average molecular weight is 325 g/mol. The van der Waals surface area contributed by atoms with Crippen LogP contribution in [-0.2, 0) is 6.42 Å². The second-order valence-corrected chi connectivity index (χ2v) is 5.47. The van der Waals surface area contributed by atoms with Crippen LogP contribution in [0.2, 0.25) is 5.02 Å². The van der Waals surface area contributed by atoms with E-state index < -0.39 is 0 Å². The predicted octanol–water partition coefficient (Wildman–Crippen LogP) is 4.61. The lowest BCUT2D eigenvalue weighted by molar-refractivity contribution is 0.592. The van der Waals surface area contributed by atoms with Crippen molar-refractivity contribution in [3.63, 3.8) is 0 Å². The molecule has 1 atom stereocenters. The molecule has 0 aromatic heterocycles. The van der Waals surface area contributed by atoms with Crippen LogP contribution in [0.4, 0.5) is 0 Å². The summed E-state index contributed by atoms with van der Waals surface area (Å²) in [5.74, 6) is 0. The van der Waals surface area contributed by atoms with Crippen LogP contribution in [0.1, 0.15) is 17.2 Å². The van der Waals surface area contributed by atoms with Crippen molar-refractivity contribution >= 4 is 27.5 Å². The summed E-state index contributed by atoms with van der Waals surface area (Å²) in [4.78, 5) is 0. The van der Waals surface area contributed by atoms with Crippen LogP contribution < -0.4 is 5.32 Å². The van der Waals surface area contributed by atoms with Crippen LogP contribution in [-0.4, -0.2) is 7.05 Å². The molecule has 0 heterocycles. The number of halogens is 2. The minimum atomic E-state index is 0.293. The Morgan fingerprint density at radius 2 is 1.89 bits per heavy atom. The van der Waals surface area contributed by atoms with Gasteiger partial charge in [0, 0.05) is 10.5 Å². The zero-order valence-corrected chi connectivity index (χ0v) is 12.5. The molecule has 3 heteroatoms. The van der Waals surface area contributed by atoms with E-state index in [-0.39, 0.29) is 0 Å². The van der Waals surface area contributed by atoms with Crippen LogP contribution in [0, 0.1) is 0 Å². The molecule has 0 aliphatic heterocycles. The molecule has 0 aliphatic carbocycles. The number of nitrogens with one attached hydrogen (secondary N) is 1. The summed E-state index contributed by atoms with van der Waals surface area (Å²) in [5.41, 5.74) is 2.56. The average Bonchev–Trinajstić information content (AvgIpc) is 2.40. The minimum Gasteiger partial charge on any atom is -0.313 e. The molecule has 0 radical (unpaired) electrons. The fraction of sp³-hybridized carbons (Fsp3) is 0.200. The molecule has 2 aromatic carbocycles. The summed E-state index contributed by atoms with van der Waals surface area (Å²) in [6.07, 6.45) is 0.964. The Kier molecular flexibility index (Phi) is 4.81. The topological polar surface area (TPSA) is 12.0 Å². The van der Waals surface area contributed by atoms with Gasteiger partial charge < -0.3 is 5.32 Å². The minimum absolute atomic E-state index is 0.293. The highest BCUT2D eigenvalue weighted by molar-refractivity contribution is 9.10. The summed E-state index contributed by atoms with van der Waals surface area (Å²) < 4.78 is 0.940. The maximum Gasteiger partial charge on any atom is 0.0548 e. The summed E-state index contributed by atoms with van der Waals surface area (Å²) in [5, 5.41) is 4.09. The molecule has 1 nitrogen and oxygen atoms in total. The molecular formula is C15H15BrClN. The lowest BCUT2D eigenvalue weighted by Crippen LogP contribution is -2.18. The van der Waals surface area contributed by atoms with Crippen molar-refractivity contribution < 1.29 is 0 Å². The van der Waals surface area contributed by atoms with Gasteiger partial charge in [-0.1, -0.05) is 48.0 Å². The highest BCUT2D eigenvalue weighted by Gasteiger charge is 2.11. The van der Waals surface area contributed by atoms with Crippen molar-refractivity contribution in [1.82, 2.24) is 5.32 Å². The van der Waals surface area contributed by atoms with E-state index in [0.29, 0.717) is 6.04 Å². The SMILES string of the molecule is CNC(Cc1ccccc1)c1ccc(Cl)c(Br)c1. The van der Waals surface area contributed by atoms with E-state index in [9.17, 15) is 0 Å². The Labute approximate surface area is 121 Å². The van der Waals surface area contributed by atoms with E-state index in [4.69, 9.17) is 11.6 Å². The Hall–Kier alpha value is -0.830. The molecule has 1 unspecified atom stereocenters. The highest BCUT2D eigenvalue weighted by Crippen LogP contribution is 2.27. The zero-order valence-electron chi connectivity index (χ0n) is 10.2.